The summed E-state index contributed by atoms with van der Waals surface area (Å²) in [7, 11) is 0. The molecular weight excluding hydrogens is 196 g/mol. The number of hydrogen-bond acceptors (Lipinski definition) is 2. The second kappa shape index (κ2) is 4.50. The molecule has 0 bridgehead atoms. The summed E-state index contributed by atoms with van der Waals surface area (Å²) in [6.07, 6.45) is 0. The van der Waals surface area contributed by atoms with Gasteiger partial charge in [0.2, 0.25) is 0 Å². The van der Waals surface area contributed by atoms with Crippen molar-refractivity contribution >= 4 is 11.4 Å². The van der Waals surface area contributed by atoms with Crippen LogP contribution in [-0.2, 0) is 0 Å². The van der Waals surface area contributed by atoms with E-state index in [2.05, 4.69) is 11.4 Å². The maximum atomic E-state index is 8.83. The Morgan fingerprint density at radius 2 is 1.75 bits per heavy atom. The number of nitriles is 1. The number of aryl methyl sites for hydroxylation is 1. The summed E-state index contributed by atoms with van der Waals surface area (Å²) >= 11 is 0. The summed E-state index contributed by atoms with van der Waals surface area (Å²) in [6, 6.07) is 17.9. The third-order valence-corrected chi connectivity index (χ3v) is 2.41. The molecular formula is C14H12N2. The lowest BCUT2D eigenvalue weighted by Gasteiger charge is -2.07. The Bertz CT molecular complexity index is 524. The number of para-hydroxylation sites is 1. The molecule has 0 saturated heterocycles. The van der Waals surface area contributed by atoms with E-state index in [1.165, 1.54) is 0 Å². The zero-order chi connectivity index (χ0) is 11.4. The molecule has 2 aromatic carbocycles. The van der Waals surface area contributed by atoms with Crippen LogP contribution in [0.25, 0.3) is 0 Å². The Hall–Kier alpha value is -2.27. The monoisotopic (exact) mass is 208 g/mol. The van der Waals surface area contributed by atoms with Crippen LogP contribution in [-0.4, -0.2) is 0 Å². The molecule has 0 aliphatic carbocycles. The van der Waals surface area contributed by atoms with Gasteiger partial charge in [-0.3, -0.25) is 0 Å². The number of nitrogens with zero attached hydrogens (tertiary/aromatic N) is 1. The summed E-state index contributed by atoms with van der Waals surface area (Å²) in [5.74, 6) is 0. The Morgan fingerprint density at radius 3 is 2.38 bits per heavy atom. The molecule has 2 rings (SSSR count). The predicted octanol–water partition coefficient (Wildman–Crippen LogP) is 3.61. The molecule has 0 fully saturated rings. The van der Waals surface area contributed by atoms with Crippen molar-refractivity contribution in [2.24, 2.45) is 0 Å². The molecule has 0 radical (unpaired) electrons. The van der Waals surface area contributed by atoms with Gasteiger partial charge in [0, 0.05) is 11.4 Å². The average molecular weight is 208 g/mol. The molecule has 2 aromatic rings. The zero-order valence-electron chi connectivity index (χ0n) is 9.07. The van der Waals surface area contributed by atoms with Gasteiger partial charge in [-0.05, 0) is 42.8 Å². The minimum Gasteiger partial charge on any atom is -0.356 e. The molecule has 0 atom stereocenters. The van der Waals surface area contributed by atoms with Crippen molar-refractivity contribution in [2.75, 3.05) is 5.32 Å². The smallest absolute Gasteiger partial charge is 0.0994 e. The van der Waals surface area contributed by atoms with Crippen molar-refractivity contribution in [3.63, 3.8) is 0 Å². The van der Waals surface area contributed by atoms with Crippen molar-refractivity contribution in [3.8, 4) is 6.07 Å². The molecule has 2 nitrogen and oxygen atoms in total. The summed E-state index contributed by atoms with van der Waals surface area (Å²) < 4.78 is 0. The largest absolute Gasteiger partial charge is 0.356 e. The average Bonchev–Trinajstić information content (AvgIpc) is 2.31. The number of anilines is 2. The van der Waals surface area contributed by atoms with E-state index in [1.54, 1.807) is 0 Å². The van der Waals surface area contributed by atoms with Crippen molar-refractivity contribution < 1.29 is 0 Å². The van der Waals surface area contributed by atoms with E-state index in [0.29, 0.717) is 0 Å². The standard InChI is InChI=1S/C14H12N2/c1-11-9-14(8-7-12(11)10-15)16-13-5-3-2-4-6-13/h2-9,16H,1H3. The molecule has 0 spiro atoms. The van der Waals surface area contributed by atoms with Crippen LogP contribution in [0.5, 0.6) is 0 Å². The summed E-state index contributed by atoms with van der Waals surface area (Å²) in [6.45, 7) is 1.94. The molecule has 2 heteroatoms. The Morgan fingerprint density at radius 1 is 1.00 bits per heavy atom. The first kappa shape index (κ1) is 10.3. The highest BCUT2D eigenvalue weighted by Crippen LogP contribution is 2.19. The summed E-state index contributed by atoms with van der Waals surface area (Å²) in [5.41, 5.74) is 3.76. The van der Waals surface area contributed by atoms with E-state index < -0.39 is 0 Å². The van der Waals surface area contributed by atoms with Crippen LogP contribution in [0.4, 0.5) is 11.4 Å². The quantitative estimate of drug-likeness (QED) is 0.818. The topological polar surface area (TPSA) is 35.8 Å². The number of benzene rings is 2. The molecule has 0 amide bonds. The molecule has 16 heavy (non-hydrogen) atoms. The molecule has 1 N–H and O–H groups in total. The fourth-order valence-corrected chi connectivity index (χ4v) is 1.56. The molecule has 0 aliphatic rings. The van der Waals surface area contributed by atoms with Crippen LogP contribution >= 0.6 is 0 Å². The zero-order valence-corrected chi connectivity index (χ0v) is 9.07. The van der Waals surface area contributed by atoms with Gasteiger partial charge in [0.1, 0.15) is 0 Å². The van der Waals surface area contributed by atoms with Gasteiger partial charge in [0.25, 0.3) is 0 Å². The van der Waals surface area contributed by atoms with Crippen LogP contribution in [0.3, 0.4) is 0 Å². The van der Waals surface area contributed by atoms with Gasteiger partial charge in [-0.15, -0.1) is 0 Å². The van der Waals surface area contributed by atoms with Crippen molar-refractivity contribution in [1.82, 2.24) is 0 Å². The predicted molar refractivity (Wildman–Crippen MR) is 65.6 cm³/mol. The van der Waals surface area contributed by atoms with Crippen LogP contribution < -0.4 is 5.32 Å². The first-order chi connectivity index (χ1) is 7.79. The Kier molecular flexibility index (Phi) is 2.88. The first-order valence-corrected chi connectivity index (χ1v) is 5.12. The fourth-order valence-electron chi connectivity index (χ4n) is 1.56. The Labute approximate surface area is 95.2 Å². The van der Waals surface area contributed by atoms with E-state index in [-0.39, 0.29) is 0 Å². The highest BCUT2D eigenvalue weighted by Gasteiger charge is 1.99. The Balaban J connectivity index is 2.24. The third kappa shape index (κ3) is 2.21. The lowest BCUT2D eigenvalue weighted by molar-refractivity contribution is 1.39. The summed E-state index contributed by atoms with van der Waals surface area (Å²) in [5, 5.41) is 12.1. The van der Waals surface area contributed by atoms with Crippen LogP contribution in [0.2, 0.25) is 0 Å². The highest BCUT2D eigenvalue weighted by atomic mass is 14.9. The van der Waals surface area contributed by atoms with Gasteiger partial charge in [-0.1, -0.05) is 18.2 Å². The van der Waals surface area contributed by atoms with Crippen LogP contribution in [0, 0.1) is 18.3 Å². The number of nitrogens with one attached hydrogen (secondary N) is 1. The van der Waals surface area contributed by atoms with Crippen LogP contribution in [0.15, 0.2) is 48.5 Å². The number of hydrogen-bond donors (Lipinski definition) is 1. The van der Waals surface area contributed by atoms with E-state index >= 15 is 0 Å². The number of rotatable bonds is 2. The minimum absolute atomic E-state index is 0.721. The molecule has 0 aliphatic heterocycles. The maximum Gasteiger partial charge on any atom is 0.0994 e. The fraction of sp³-hybridized carbons (Fsp3) is 0.0714. The minimum atomic E-state index is 0.721. The van der Waals surface area contributed by atoms with Crippen molar-refractivity contribution in [3.05, 3.63) is 59.7 Å². The molecule has 0 unspecified atom stereocenters. The lowest BCUT2D eigenvalue weighted by atomic mass is 10.1. The van der Waals surface area contributed by atoms with Crippen LogP contribution in [0.1, 0.15) is 11.1 Å². The van der Waals surface area contributed by atoms with E-state index in [9.17, 15) is 0 Å². The van der Waals surface area contributed by atoms with Crippen molar-refractivity contribution in [2.45, 2.75) is 6.92 Å². The third-order valence-electron chi connectivity index (χ3n) is 2.41. The first-order valence-electron chi connectivity index (χ1n) is 5.12. The second-order valence-corrected chi connectivity index (χ2v) is 3.63. The van der Waals surface area contributed by atoms with Gasteiger partial charge in [-0.25, -0.2) is 0 Å². The van der Waals surface area contributed by atoms with E-state index in [0.717, 1.165) is 22.5 Å². The highest BCUT2D eigenvalue weighted by molar-refractivity contribution is 5.61. The van der Waals surface area contributed by atoms with E-state index in [4.69, 9.17) is 5.26 Å². The van der Waals surface area contributed by atoms with E-state index in [1.807, 2.05) is 55.5 Å². The maximum absolute atomic E-state index is 8.83. The van der Waals surface area contributed by atoms with Gasteiger partial charge >= 0.3 is 0 Å². The van der Waals surface area contributed by atoms with Crippen molar-refractivity contribution in [1.29, 1.82) is 5.26 Å². The summed E-state index contributed by atoms with van der Waals surface area (Å²) in [4.78, 5) is 0. The molecule has 0 aromatic heterocycles. The SMILES string of the molecule is Cc1cc(Nc2ccccc2)ccc1C#N. The molecule has 78 valence electrons. The normalized spacial score (nSPS) is 9.50. The van der Waals surface area contributed by atoms with Gasteiger partial charge in [0.05, 0.1) is 11.6 Å². The second-order valence-electron chi connectivity index (χ2n) is 3.63. The van der Waals surface area contributed by atoms with Gasteiger partial charge in [0.15, 0.2) is 0 Å². The molecule has 0 heterocycles. The van der Waals surface area contributed by atoms with Gasteiger partial charge in [-0.2, -0.15) is 5.26 Å². The van der Waals surface area contributed by atoms with Gasteiger partial charge < -0.3 is 5.32 Å². The molecule has 0 saturated carbocycles. The lowest BCUT2D eigenvalue weighted by Crippen LogP contribution is -1.91.